The molecule has 1 fully saturated rings. The highest BCUT2D eigenvalue weighted by Gasteiger charge is 2.41. The summed E-state index contributed by atoms with van der Waals surface area (Å²) in [5, 5.41) is 0. The van der Waals surface area contributed by atoms with E-state index in [1.807, 2.05) is 6.92 Å². The largest absolute Gasteiger partial charge is 0.416 e. The van der Waals surface area contributed by atoms with Gasteiger partial charge in [0.1, 0.15) is 11.6 Å². The van der Waals surface area contributed by atoms with Crippen molar-refractivity contribution in [1.82, 2.24) is 9.88 Å². The first kappa shape index (κ1) is 17.8. The standard InChI is InChI=1S/C19H16F2N2O3/c1-19(11-25-12-19)23(2)18(24)26-17-8-4-13(10-22-17)3-5-14-9-15(20)6-7-16(14)21/h4,6-10H,11-12H2,1-2H3. The molecule has 0 spiro atoms. The van der Waals surface area contributed by atoms with Crippen molar-refractivity contribution in [3.05, 3.63) is 59.3 Å². The van der Waals surface area contributed by atoms with Crippen molar-refractivity contribution in [2.24, 2.45) is 0 Å². The minimum Gasteiger partial charge on any atom is -0.391 e. The van der Waals surface area contributed by atoms with Crippen LogP contribution in [0.25, 0.3) is 0 Å². The number of carbonyl (C=O) groups excluding carboxylic acids is 1. The summed E-state index contributed by atoms with van der Waals surface area (Å²) in [6, 6.07) is 6.13. The maximum absolute atomic E-state index is 13.5. The maximum atomic E-state index is 13.5. The number of hydrogen-bond donors (Lipinski definition) is 0. The zero-order valence-electron chi connectivity index (χ0n) is 14.3. The van der Waals surface area contributed by atoms with Crippen LogP contribution in [0.5, 0.6) is 5.88 Å². The third-order valence-electron chi connectivity index (χ3n) is 4.11. The van der Waals surface area contributed by atoms with Crippen LogP contribution in [0.3, 0.4) is 0 Å². The van der Waals surface area contributed by atoms with Gasteiger partial charge in [-0.3, -0.25) is 0 Å². The molecule has 0 atom stereocenters. The molecule has 1 aliphatic heterocycles. The van der Waals surface area contributed by atoms with E-state index in [2.05, 4.69) is 16.8 Å². The first-order valence-electron chi connectivity index (χ1n) is 7.84. The van der Waals surface area contributed by atoms with E-state index in [4.69, 9.17) is 9.47 Å². The Hall–Kier alpha value is -2.98. The zero-order valence-corrected chi connectivity index (χ0v) is 14.3. The summed E-state index contributed by atoms with van der Waals surface area (Å²) >= 11 is 0. The van der Waals surface area contributed by atoms with Crippen LogP contribution in [-0.2, 0) is 4.74 Å². The Morgan fingerprint density at radius 2 is 2.04 bits per heavy atom. The summed E-state index contributed by atoms with van der Waals surface area (Å²) in [6.45, 7) is 2.81. The number of likely N-dealkylation sites (N-methyl/N-ethyl adjacent to an activating group) is 1. The highest BCUT2D eigenvalue weighted by Crippen LogP contribution is 2.24. The molecule has 0 bridgehead atoms. The number of hydrogen-bond acceptors (Lipinski definition) is 4. The molecule has 1 aromatic carbocycles. The summed E-state index contributed by atoms with van der Waals surface area (Å²) in [4.78, 5) is 17.6. The van der Waals surface area contributed by atoms with Gasteiger partial charge in [-0.2, -0.15) is 0 Å². The van der Waals surface area contributed by atoms with Crippen LogP contribution in [0.1, 0.15) is 18.1 Å². The molecule has 1 saturated heterocycles. The summed E-state index contributed by atoms with van der Waals surface area (Å²) in [6.07, 6.45) is 0.852. The molecule has 26 heavy (non-hydrogen) atoms. The number of rotatable bonds is 2. The number of aromatic nitrogens is 1. The molecule has 1 aliphatic rings. The van der Waals surface area contributed by atoms with Gasteiger partial charge in [0.25, 0.3) is 0 Å². The van der Waals surface area contributed by atoms with Gasteiger partial charge in [0.2, 0.25) is 5.88 Å². The van der Waals surface area contributed by atoms with Crippen molar-refractivity contribution in [3.8, 4) is 17.7 Å². The summed E-state index contributed by atoms with van der Waals surface area (Å²) in [5.74, 6) is 4.19. The summed E-state index contributed by atoms with van der Waals surface area (Å²) < 4.78 is 37.0. The van der Waals surface area contributed by atoms with Crippen LogP contribution >= 0.6 is 0 Å². The fourth-order valence-electron chi connectivity index (χ4n) is 2.22. The molecular weight excluding hydrogens is 342 g/mol. The van der Waals surface area contributed by atoms with Crippen LogP contribution in [0.15, 0.2) is 36.5 Å². The van der Waals surface area contributed by atoms with E-state index in [0.29, 0.717) is 18.8 Å². The van der Waals surface area contributed by atoms with Crippen LogP contribution in [0.4, 0.5) is 13.6 Å². The molecule has 134 valence electrons. The lowest BCUT2D eigenvalue weighted by molar-refractivity contribution is -0.110. The van der Waals surface area contributed by atoms with E-state index in [-0.39, 0.29) is 17.0 Å². The van der Waals surface area contributed by atoms with Crippen molar-refractivity contribution in [3.63, 3.8) is 0 Å². The molecule has 5 nitrogen and oxygen atoms in total. The number of carbonyl (C=O) groups is 1. The predicted molar refractivity (Wildman–Crippen MR) is 89.6 cm³/mol. The summed E-state index contributed by atoms with van der Waals surface area (Å²) in [7, 11) is 1.64. The third-order valence-corrected chi connectivity index (χ3v) is 4.11. The molecule has 0 saturated carbocycles. The van der Waals surface area contributed by atoms with E-state index in [1.54, 1.807) is 13.1 Å². The SMILES string of the molecule is CN(C(=O)Oc1ccc(C#Cc2cc(F)ccc2F)cn1)C1(C)COC1. The second-order valence-corrected chi connectivity index (χ2v) is 6.18. The monoisotopic (exact) mass is 358 g/mol. The van der Waals surface area contributed by atoms with Crippen LogP contribution < -0.4 is 4.74 Å². The molecule has 2 aromatic rings. The Labute approximate surface area is 149 Å². The molecule has 3 rings (SSSR count). The lowest BCUT2D eigenvalue weighted by Gasteiger charge is -2.44. The molecule has 1 aromatic heterocycles. The van der Waals surface area contributed by atoms with Gasteiger partial charge in [0, 0.05) is 24.9 Å². The van der Waals surface area contributed by atoms with E-state index in [1.165, 1.54) is 17.2 Å². The van der Waals surface area contributed by atoms with Gasteiger partial charge in [-0.1, -0.05) is 11.8 Å². The Morgan fingerprint density at radius 3 is 2.65 bits per heavy atom. The van der Waals surface area contributed by atoms with Crippen LogP contribution in [-0.4, -0.2) is 41.8 Å². The zero-order chi connectivity index (χ0) is 18.7. The fraction of sp³-hybridized carbons (Fsp3) is 0.263. The summed E-state index contributed by atoms with van der Waals surface area (Å²) in [5.41, 5.74) is 0.0524. The fourth-order valence-corrected chi connectivity index (χ4v) is 2.22. The smallest absolute Gasteiger partial charge is 0.391 e. The van der Waals surface area contributed by atoms with Crippen LogP contribution in [0, 0.1) is 23.5 Å². The lowest BCUT2D eigenvalue weighted by atomic mass is 9.99. The van der Waals surface area contributed by atoms with Gasteiger partial charge < -0.3 is 14.4 Å². The average molecular weight is 358 g/mol. The Kier molecular flexibility index (Phi) is 4.87. The van der Waals surface area contributed by atoms with Gasteiger partial charge >= 0.3 is 6.09 Å². The predicted octanol–water partition coefficient (Wildman–Crippen LogP) is 2.98. The van der Waals surface area contributed by atoms with E-state index < -0.39 is 17.7 Å². The van der Waals surface area contributed by atoms with Gasteiger partial charge in [0.05, 0.1) is 24.3 Å². The number of halogens is 2. The molecule has 0 unspecified atom stereocenters. The third kappa shape index (κ3) is 3.81. The highest BCUT2D eigenvalue weighted by molar-refractivity contribution is 5.71. The second kappa shape index (κ2) is 7.10. The molecule has 0 N–H and O–H groups in total. The maximum Gasteiger partial charge on any atom is 0.416 e. The highest BCUT2D eigenvalue weighted by atomic mass is 19.1. The first-order chi connectivity index (χ1) is 12.4. The quantitative estimate of drug-likeness (QED) is 0.775. The lowest BCUT2D eigenvalue weighted by Crippen LogP contribution is -2.61. The van der Waals surface area contributed by atoms with Gasteiger partial charge in [-0.05, 0) is 31.2 Å². The Morgan fingerprint density at radius 1 is 1.27 bits per heavy atom. The molecular formula is C19H16F2N2O3. The topological polar surface area (TPSA) is 51.7 Å². The van der Waals surface area contributed by atoms with Crippen molar-refractivity contribution in [2.75, 3.05) is 20.3 Å². The first-order valence-corrected chi connectivity index (χ1v) is 7.84. The van der Waals surface area contributed by atoms with E-state index in [9.17, 15) is 13.6 Å². The number of amides is 1. The minimum atomic E-state index is -0.603. The minimum absolute atomic E-state index is 0.0434. The Balaban J connectivity index is 1.66. The molecule has 7 heteroatoms. The number of nitrogens with zero attached hydrogens (tertiary/aromatic N) is 2. The van der Waals surface area contributed by atoms with Crippen molar-refractivity contribution in [1.29, 1.82) is 0 Å². The van der Waals surface area contributed by atoms with Crippen LogP contribution in [0.2, 0.25) is 0 Å². The van der Waals surface area contributed by atoms with E-state index >= 15 is 0 Å². The van der Waals surface area contributed by atoms with Crippen molar-refractivity contribution >= 4 is 6.09 Å². The number of benzene rings is 1. The normalized spacial score (nSPS) is 14.6. The van der Waals surface area contributed by atoms with Crippen molar-refractivity contribution < 1.29 is 23.0 Å². The van der Waals surface area contributed by atoms with Gasteiger partial charge in [-0.25, -0.2) is 18.6 Å². The van der Waals surface area contributed by atoms with E-state index in [0.717, 1.165) is 18.2 Å². The average Bonchev–Trinajstić information content (AvgIpc) is 2.61. The number of ether oxygens (including phenoxy) is 2. The Bertz CT molecular complexity index is 884. The van der Waals surface area contributed by atoms with Crippen molar-refractivity contribution in [2.45, 2.75) is 12.5 Å². The second-order valence-electron chi connectivity index (χ2n) is 6.18. The molecule has 0 aliphatic carbocycles. The van der Waals surface area contributed by atoms with Gasteiger partial charge in [-0.15, -0.1) is 0 Å². The van der Waals surface area contributed by atoms with Gasteiger partial charge in [0.15, 0.2) is 0 Å². The number of pyridine rings is 1. The molecule has 1 amide bonds. The molecule has 0 radical (unpaired) electrons. The molecule has 2 heterocycles.